The summed E-state index contributed by atoms with van der Waals surface area (Å²) in [6.45, 7) is 5.13. The SMILES string of the molecule is CCC(CC)COc1ccccc1Cl. The van der Waals surface area contributed by atoms with Crippen LogP contribution in [0.25, 0.3) is 0 Å². The van der Waals surface area contributed by atoms with Gasteiger partial charge in [0.15, 0.2) is 0 Å². The first-order valence-electron chi connectivity index (χ1n) is 5.15. The number of hydrogen-bond donors (Lipinski definition) is 0. The predicted octanol–water partition coefficient (Wildman–Crippen LogP) is 4.16. The van der Waals surface area contributed by atoms with Crippen molar-refractivity contribution in [2.24, 2.45) is 5.92 Å². The zero-order valence-corrected chi connectivity index (χ0v) is 9.55. The Balaban J connectivity index is 2.49. The zero-order valence-electron chi connectivity index (χ0n) is 8.79. The van der Waals surface area contributed by atoms with E-state index in [1.807, 2.05) is 24.3 Å². The van der Waals surface area contributed by atoms with Crippen molar-refractivity contribution in [3.05, 3.63) is 29.3 Å². The molecule has 78 valence electrons. The Bertz CT molecular complexity index is 269. The van der Waals surface area contributed by atoms with Gasteiger partial charge in [-0.3, -0.25) is 0 Å². The highest BCUT2D eigenvalue weighted by Crippen LogP contribution is 2.24. The largest absolute Gasteiger partial charge is 0.492 e. The molecule has 0 heterocycles. The van der Waals surface area contributed by atoms with Gasteiger partial charge in [-0.25, -0.2) is 0 Å². The number of rotatable bonds is 5. The van der Waals surface area contributed by atoms with Crippen molar-refractivity contribution < 1.29 is 4.74 Å². The number of para-hydroxylation sites is 1. The maximum atomic E-state index is 5.97. The summed E-state index contributed by atoms with van der Waals surface area (Å²) in [6.07, 6.45) is 2.31. The third kappa shape index (κ3) is 3.22. The van der Waals surface area contributed by atoms with Gasteiger partial charge in [-0.15, -0.1) is 0 Å². The summed E-state index contributed by atoms with van der Waals surface area (Å²) < 4.78 is 5.65. The minimum absolute atomic E-state index is 0.631. The van der Waals surface area contributed by atoms with E-state index in [2.05, 4.69) is 13.8 Å². The van der Waals surface area contributed by atoms with Gasteiger partial charge in [0.2, 0.25) is 0 Å². The molecule has 0 unspecified atom stereocenters. The first-order chi connectivity index (χ1) is 6.77. The van der Waals surface area contributed by atoms with Crippen molar-refractivity contribution in [1.29, 1.82) is 0 Å². The summed E-state index contributed by atoms with van der Waals surface area (Å²) in [6, 6.07) is 7.61. The molecule has 2 heteroatoms. The van der Waals surface area contributed by atoms with Crippen molar-refractivity contribution >= 4 is 11.6 Å². The van der Waals surface area contributed by atoms with E-state index in [0.717, 1.165) is 25.2 Å². The van der Waals surface area contributed by atoms with Gasteiger partial charge in [0.05, 0.1) is 11.6 Å². The van der Waals surface area contributed by atoms with Gasteiger partial charge in [-0.1, -0.05) is 50.4 Å². The Morgan fingerprint density at radius 1 is 1.21 bits per heavy atom. The van der Waals surface area contributed by atoms with Crippen molar-refractivity contribution in [3.8, 4) is 5.75 Å². The average molecular weight is 213 g/mol. The van der Waals surface area contributed by atoms with Crippen LogP contribution in [0.2, 0.25) is 5.02 Å². The number of benzene rings is 1. The molecule has 1 rings (SSSR count). The lowest BCUT2D eigenvalue weighted by Gasteiger charge is -2.14. The summed E-state index contributed by atoms with van der Waals surface area (Å²) in [5, 5.41) is 0.693. The monoisotopic (exact) mass is 212 g/mol. The summed E-state index contributed by atoms with van der Waals surface area (Å²) in [7, 11) is 0. The molecule has 0 atom stereocenters. The van der Waals surface area contributed by atoms with Gasteiger partial charge >= 0.3 is 0 Å². The minimum Gasteiger partial charge on any atom is -0.492 e. The summed E-state index contributed by atoms with van der Waals surface area (Å²) in [5.41, 5.74) is 0. The normalized spacial score (nSPS) is 10.6. The Labute approximate surface area is 91.0 Å². The van der Waals surface area contributed by atoms with Crippen molar-refractivity contribution in [1.82, 2.24) is 0 Å². The molecule has 1 aromatic carbocycles. The molecule has 0 amide bonds. The van der Waals surface area contributed by atoms with Gasteiger partial charge in [0, 0.05) is 0 Å². The van der Waals surface area contributed by atoms with E-state index in [4.69, 9.17) is 16.3 Å². The molecule has 0 saturated carbocycles. The van der Waals surface area contributed by atoms with Crippen molar-refractivity contribution in [2.75, 3.05) is 6.61 Å². The maximum Gasteiger partial charge on any atom is 0.137 e. The Morgan fingerprint density at radius 3 is 2.43 bits per heavy atom. The molecule has 0 N–H and O–H groups in total. The van der Waals surface area contributed by atoms with Crippen LogP contribution >= 0.6 is 11.6 Å². The predicted molar refractivity (Wildman–Crippen MR) is 61.0 cm³/mol. The molecule has 0 fully saturated rings. The van der Waals surface area contributed by atoms with Gasteiger partial charge < -0.3 is 4.74 Å². The molecular formula is C12H17ClO. The highest BCUT2D eigenvalue weighted by Gasteiger charge is 2.05. The molecular weight excluding hydrogens is 196 g/mol. The molecule has 0 saturated heterocycles. The molecule has 0 aromatic heterocycles. The Kier molecular flexibility index (Phi) is 4.81. The van der Waals surface area contributed by atoms with E-state index in [0.29, 0.717) is 10.9 Å². The fourth-order valence-electron chi connectivity index (χ4n) is 1.29. The summed E-state index contributed by atoms with van der Waals surface area (Å²) in [5.74, 6) is 1.42. The summed E-state index contributed by atoms with van der Waals surface area (Å²) >= 11 is 5.97. The van der Waals surface area contributed by atoms with Crippen LogP contribution in [0, 0.1) is 5.92 Å². The molecule has 0 bridgehead atoms. The van der Waals surface area contributed by atoms with E-state index in [-0.39, 0.29) is 0 Å². The quantitative estimate of drug-likeness (QED) is 0.713. The van der Waals surface area contributed by atoms with Crippen LogP contribution in [0.5, 0.6) is 5.75 Å². The van der Waals surface area contributed by atoms with E-state index in [9.17, 15) is 0 Å². The number of halogens is 1. The lowest BCUT2D eigenvalue weighted by Crippen LogP contribution is -2.10. The molecule has 14 heavy (non-hydrogen) atoms. The highest BCUT2D eigenvalue weighted by molar-refractivity contribution is 6.32. The molecule has 1 nitrogen and oxygen atoms in total. The van der Waals surface area contributed by atoms with Crippen LogP contribution in [0.4, 0.5) is 0 Å². The van der Waals surface area contributed by atoms with Crippen LogP contribution in [-0.2, 0) is 0 Å². The smallest absolute Gasteiger partial charge is 0.137 e. The molecule has 0 radical (unpaired) electrons. The number of ether oxygens (including phenoxy) is 1. The first-order valence-corrected chi connectivity index (χ1v) is 5.53. The average Bonchev–Trinajstić information content (AvgIpc) is 2.22. The van der Waals surface area contributed by atoms with Crippen LogP contribution in [0.15, 0.2) is 24.3 Å². The van der Waals surface area contributed by atoms with Crippen LogP contribution in [-0.4, -0.2) is 6.61 Å². The second-order valence-corrected chi connectivity index (χ2v) is 3.83. The topological polar surface area (TPSA) is 9.23 Å². The third-order valence-electron chi connectivity index (χ3n) is 2.47. The fraction of sp³-hybridized carbons (Fsp3) is 0.500. The molecule has 0 aliphatic carbocycles. The lowest BCUT2D eigenvalue weighted by atomic mass is 10.1. The van der Waals surface area contributed by atoms with E-state index in [1.54, 1.807) is 0 Å². The zero-order chi connectivity index (χ0) is 10.4. The van der Waals surface area contributed by atoms with Crippen molar-refractivity contribution in [2.45, 2.75) is 26.7 Å². The lowest BCUT2D eigenvalue weighted by molar-refractivity contribution is 0.241. The molecule has 0 spiro atoms. The maximum absolute atomic E-state index is 5.97. The third-order valence-corrected chi connectivity index (χ3v) is 2.78. The van der Waals surface area contributed by atoms with Gasteiger partial charge in [0.25, 0.3) is 0 Å². The number of hydrogen-bond acceptors (Lipinski definition) is 1. The van der Waals surface area contributed by atoms with Crippen LogP contribution < -0.4 is 4.74 Å². The molecule has 1 aromatic rings. The molecule has 0 aliphatic rings. The second kappa shape index (κ2) is 5.92. The van der Waals surface area contributed by atoms with Crippen LogP contribution in [0.3, 0.4) is 0 Å². The fourth-order valence-corrected chi connectivity index (χ4v) is 1.48. The van der Waals surface area contributed by atoms with Gasteiger partial charge in [0.1, 0.15) is 5.75 Å². The van der Waals surface area contributed by atoms with Crippen LogP contribution in [0.1, 0.15) is 26.7 Å². The summed E-state index contributed by atoms with van der Waals surface area (Å²) in [4.78, 5) is 0. The van der Waals surface area contributed by atoms with Gasteiger partial charge in [-0.2, -0.15) is 0 Å². The second-order valence-electron chi connectivity index (χ2n) is 3.42. The van der Waals surface area contributed by atoms with Crippen molar-refractivity contribution in [3.63, 3.8) is 0 Å². The Hall–Kier alpha value is -0.690. The van der Waals surface area contributed by atoms with E-state index in [1.165, 1.54) is 0 Å². The van der Waals surface area contributed by atoms with E-state index >= 15 is 0 Å². The molecule has 0 aliphatic heterocycles. The van der Waals surface area contributed by atoms with Gasteiger partial charge in [-0.05, 0) is 18.1 Å². The Morgan fingerprint density at radius 2 is 1.86 bits per heavy atom. The first kappa shape index (κ1) is 11.4. The highest BCUT2D eigenvalue weighted by atomic mass is 35.5. The minimum atomic E-state index is 0.631. The standard InChI is InChI=1S/C12H17ClO/c1-3-10(4-2)9-14-12-8-6-5-7-11(12)13/h5-8,10H,3-4,9H2,1-2H3. The van der Waals surface area contributed by atoms with E-state index < -0.39 is 0 Å².